The van der Waals surface area contributed by atoms with Gasteiger partial charge in [0.25, 0.3) is 0 Å². The van der Waals surface area contributed by atoms with Crippen molar-refractivity contribution in [2.75, 3.05) is 16.8 Å². The van der Waals surface area contributed by atoms with E-state index >= 15 is 0 Å². The molecular weight excluding hydrogens is 296 g/mol. The van der Waals surface area contributed by atoms with Gasteiger partial charge in [-0.3, -0.25) is 4.79 Å². The SMILES string of the molecule is CCc1cccc(CC)c1NC(=O)CN1c2ccccc2CC1C. The quantitative estimate of drug-likeness (QED) is 0.895. The van der Waals surface area contributed by atoms with Crippen LogP contribution in [0.25, 0.3) is 0 Å². The van der Waals surface area contributed by atoms with Crippen molar-refractivity contribution in [3.63, 3.8) is 0 Å². The predicted molar refractivity (Wildman–Crippen MR) is 101 cm³/mol. The Morgan fingerprint density at radius 3 is 2.42 bits per heavy atom. The smallest absolute Gasteiger partial charge is 0.243 e. The van der Waals surface area contributed by atoms with Crippen molar-refractivity contribution in [2.24, 2.45) is 0 Å². The van der Waals surface area contributed by atoms with Crippen LogP contribution in [-0.2, 0) is 24.1 Å². The first-order valence-corrected chi connectivity index (χ1v) is 8.89. The van der Waals surface area contributed by atoms with Crippen LogP contribution in [0.5, 0.6) is 0 Å². The topological polar surface area (TPSA) is 32.3 Å². The van der Waals surface area contributed by atoms with Crippen LogP contribution < -0.4 is 10.2 Å². The highest BCUT2D eigenvalue weighted by Crippen LogP contribution is 2.31. The minimum Gasteiger partial charge on any atom is -0.359 e. The molecule has 0 fully saturated rings. The Hall–Kier alpha value is -2.29. The molecule has 126 valence electrons. The molecule has 0 saturated carbocycles. The molecule has 24 heavy (non-hydrogen) atoms. The molecule has 1 N–H and O–H groups in total. The van der Waals surface area contributed by atoms with Crippen LogP contribution in [0, 0.1) is 0 Å². The van der Waals surface area contributed by atoms with Gasteiger partial charge in [-0.2, -0.15) is 0 Å². The molecule has 0 bridgehead atoms. The second kappa shape index (κ2) is 7.08. The van der Waals surface area contributed by atoms with E-state index in [0.29, 0.717) is 12.6 Å². The molecule has 0 spiro atoms. The third-order valence-electron chi connectivity index (χ3n) is 4.93. The first-order chi connectivity index (χ1) is 11.6. The maximum Gasteiger partial charge on any atom is 0.243 e. The summed E-state index contributed by atoms with van der Waals surface area (Å²) in [6, 6.07) is 15.0. The lowest BCUT2D eigenvalue weighted by Crippen LogP contribution is -2.37. The summed E-state index contributed by atoms with van der Waals surface area (Å²) < 4.78 is 0. The van der Waals surface area contributed by atoms with Crippen molar-refractivity contribution >= 4 is 17.3 Å². The number of hydrogen-bond acceptors (Lipinski definition) is 2. The lowest BCUT2D eigenvalue weighted by atomic mass is 10.0. The molecule has 1 amide bonds. The molecule has 2 aromatic carbocycles. The number of benzene rings is 2. The number of amides is 1. The molecule has 3 rings (SSSR count). The van der Waals surface area contributed by atoms with E-state index in [1.807, 2.05) is 6.07 Å². The Morgan fingerprint density at radius 1 is 1.08 bits per heavy atom. The van der Waals surface area contributed by atoms with Crippen molar-refractivity contribution in [3.05, 3.63) is 59.2 Å². The van der Waals surface area contributed by atoms with E-state index < -0.39 is 0 Å². The number of nitrogens with zero attached hydrogens (tertiary/aromatic N) is 1. The van der Waals surface area contributed by atoms with Gasteiger partial charge in [-0.15, -0.1) is 0 Å². The number of hydrogen-bond donors (Lipinski definition) is 1. The molecule has 1 heterocycles. The van der Waals surface area contributed by atoms with E-state index in [2.05, 4.69) is 67.4 Å². The lowest BCUT2D eigenvalue weighted by Gasteiger charge is -2.25. The first-order valence-electron chi connectivity index (χ1n) is 8.89. The highest BCUT2D eigenvalue weighted by molar-refractivity contribution is 5.96. The molecule has 0 aromatic heterocycles. The Bertz CT molecular complexity index is 716. The zero-order chi connectivity index (χ0) is 17.1. The Balaban J connectivity index is 1.78. The number of nitrogens with one attached hydrogen (secondary N) is 1. The van der Waals surface area contributed by atoms with E-state index in [1.54, 1.807) is 0 Å². The molecule has 1 aliphatic heterocycles. The third kappa shape index (κ3) is 3.16. The molecule has 3 heteroatoms. The normalized spacial score (nSPS) is 16.1. The lowest BCUT2D eigenvalue weighted by molar-refractivity contribution is -0.115. The van der Waals surface area contributed by atoms with Crippen LogP contribution in [0.4, 0.5) is 11.4 Å². The summed E-state index contributed by atoms with van der Waals surface area (Å²) >= 11 is 0. The van der Waals surface area contributed by atoms with Crippen LogP contribution >= 0.6 is 0 Å². The van der Waals surface area contributed by atoms with Gasteiger partial charge in [-0.05, 0) is 48.9 Å². The van der Waals surface area contributed by atoms with E-state index in [-0.39, 0.29) is 5.91 Å². The van der Waals surface area contributed by atoms with Gasteiger partial charge in [0.2, 0.25) is 5.91 Å². The fourth-order valence-electron chi connectivity index (χ4n) is 3.61. The maximum absolute atomic E-state index is 12.7. The number of rotatable bonds is 5. The Kier molecular flexibility index (Phi) is 4.89. The van der Waals surface area contributed by atoms with Crippen molar-refractivity contribution in [2.45, 2.75) is 46.1 Å². The number of para-hydroxylation sites is 2. The van der Waals surface area contributed by atoms with Gasteiger partial charge in [0.05, 0.1) is 6.54 Å². The molecule has 2 aromatic rings. The summed E-state index contributed by atoms with van der Waals surface area (Å²) in [6.07, 6.45) is 2.86. The van der Waals surface area contributed by atoms with Crippen molar-refractivity contribution in [1.82, 2.24) is 0 Å². The van der Waals surface area contributed by atoms with Crippen molar-refractivity contribution in [1.29, 1.82) is 0 Å². The monoisotopic (exact) mass is 322 g/mol. The maximum atomic E-state index is 12.7. The summed E-state index contributed by atoms with van der Waals surface area (Å²) in [5, 5.41) is 3.18. The highest BCUT2D eigenvalue weighted by Gasteiger charge is 2.27. The zero-order valence-corrected chi connectivity index (χ0v) is 14.8. The number of fused-ring (bicyclic) bond motifs is 1. The first kappa shape index (κ1) is 16.6. The fraction of sp³-hybridized carbons (Fsp3) is 0.381. The second-order valence-corrected chi connectivity index (χ2v) is 6.52. The minimum absolute atomic E-state index is 0.0640. The summed E-state index contributed by atoms with van der Waals surface area (Å²) in [4.78, 5) is 14.9. The van der Waals surface area contributed by atoms with Gasteiger partial charge in [-0.25, -0.2) is 0 Å². The van der Waals surface area contributed by atoms with E-state index in [9.17, 15) is 4.79 Å². The number of anilines is 2. The van der Waals surface area contributed by atoms with Gasteiger partial charge in [0.1, 0.15) is 0 Å². The molecule has 3 nitrogen and oxygen atoms in total. The zero-order valence-electron chi connectivity index (χ0n) is 14.8. The second-order valence-electron chi connectivity index (χ2n) is 6.52. The summed E-state index contributed by atoms with van der Waals surface area (Å²) in [5.74, 6) is 0.0640. The van der Waals surface area contributed by atoms with Gasteiger partial charge in [-0.1, -0.05) is 50.2 Å². The molecule has 1 atom stereocenters. The molecule has 0 radical (unpaired) electrons. The molecule has 1 unspecified atom stereocenters. The summed E-state index contributed by atoms with van der Waals surface area (Å²) in [5.41, 5.74) is 5.95. The standard InChI is InChI=1S/C21H26N2O/c1-4-16-10-8-11-17(5-2)21(16)22-20(24)14-23-15(3)13-18-9-6-7-12-19(18)23/h6-12,15H,4-5,13-14H2,1-3H3,(H,22,24). The van der Waals surface area contributed by atoms with Crippen LogP contribution in [-0.4, -0.2) is 18.5 Å². The average molecular weight is 322 g/mol. The van der Waals surface area contributed by atoms with Gasteiger partial charge in [0, 0.05) is 17.4 Å². The van der Waals surface area contributed by atoms with Crippen LogP contribution in [0.15, 0.2) is 42.5 Å². The number of aryl methyl sites for hydroxylation is 2. The van der Waals surface area contributed by atoms with Gasteiger partial charge in [0.15, 0.2) is 0 Å². The summed E-state index contributed by atoms with van der Waals surface area (Å²) in [7, 11) is 0. The molecular formula is C21H26N2O. The van der Waals surface area contributed by atoms with E-state index in [4.69, 9.17) is 0 Å². The fourth-order valence-corrected chi connectivity index (χ4v) is 3.61. The van der Waals surface area contributed by atoms with Crippen molar-refractivity contribution < 1.29 is 4.79 Å². The number of carbonyl (C=O) groups excluding carboxylic acids is 1. The van der Waals surface area contributed by atoms with E-state index in [0.717, 1.165) is 24.9 Å². The molecule has 1 aliphatic rings. The Morgan fingerprint density at radius 2 is 1.75 bits per heavy atom. The van der Waals surface area contributed by atoms with E-state index in [1.165, 1.54) is 22.4 Å². The Labute approximate surface area is 144 Å². The van der Waals surface area contributed by atoms with Gasteiger partial charge >= 0.3 is 0 Å². The molecule has 0 saturated heterocycles. The third-order valence-corrected chi connectivity index (χ3v) is 4.93. The van der Waals surface area contributed by atoms with Gasteiger partial charge < -0.3 is 10.2 Å². The van der Waals surface area contributed by atoms with Crippen LogP contribution in [0.2, 0.25) is 0 Å². The van der Waals surface area contributed by atoms with Crippen molar-refractivity contribution in [3.8, 4) is 0 Å². The van der Waals surface area contributed by atoms with Crippen LogP contribution in [0.1, 0.15) is 37.5 Å². The summed E-state index contributed by atoms with van der Waals surface area (Å²) in [6.45, 7) is 6.84. The predicted octanol–water partition coefficient (Wildman–Crippen LogP) is 4.20. The van der Waals surface area contributed by atoms with Crippen LogP contribution in [0.3, 0.4) is 0 Å². The largest absolute Gasteiger partial charge is 0.359 e. The molecule has 0 aliphatic carbocycles. The average Bonchev–Trinajstić information content (AvgIpc) is 2.90. The minimum atomic E-state index is 0.0640. The highest BCUT2D eigenvalue weighted by atomic mass is 16.2. The number of carbonyl (C=O) groups is 1.